The van der Waals surface area contributed by atoms with Gasteiger partial charge in [0.2, 0.25) is 5.95 Å². The summed E-state index contributed by atoms with van der Waals surface area (Å²) in [5.74, 6) is 0.864. The molecule has 2 heterocycles. The maximum atomic E-state index is 13.4. The van der Waals surface area contributed by atoms with Gasteiger partial charge in [0, 0.05) is 28.7 Å². The highest BCUT2D eigenvalue weighted by molar-refractivity contribution is 6.05. The number of benzene rings is 4. The molecule has 42 heavy (non-hydrogen) atoms. The molecule has 4 aromatic carbocycles. The number of carbonyl (C=O) groups is 1. The van der Waals surface area contributed by atoms with E-state index in [0.29, 0.717) is 29.6 Å². The van der Waals surface area contributed by atoms with Gasteiger partial charge in [-0.15, -0.1) is 0 Å². The molecule has 0 saturated carbocycles. The van der Waals surface area contributed by atoms with Crippen molar-refractivity contribution in [1.82, 2.24) is 14.9 Å². The highest BCUT2D eigenvalue weighted by atomic mass is 16.5. The molecule has 1 fully saturated rings. The van der Waals surface area contributed by atoms with Gasteiger partial charge in [0.1, 0.15) is 12.4 Å². The number of fused-ring (bicyclic) bond motifs is 1. The highest BCUT2D eigenvalue weighted by Crippen LogP contribution is 2.32. The molecule has 7 nitrogen and oxygen atoms in total. The first-order chi connectivity index (χ1) is 20.5. The van der Waals surface area contributed by atoms with Crippen molar-refractivity contribution in [3.05, 3.63) is 108 Å². The van der Waals surface area contributed by atoms with Gasteiger partial charge >= 0.3 is 0 Å². The monoisotopic (exact) mass is 557 g/mol. The Morgan fingerprint density at radius 1 is 0.857 bits per heavy atom. The van der Waals surface area contributed by atoms with Crippen molar-refractivity contribution in [2.75, 3.05) is 36.9 Å². The summed E-state index contributed by atoms with van der Waals surface area (Å²) in [6.45, 7) is 7.54. The first-order valence-electron chi connectivity index (χ1n) is 14.5. The number of hydrogen-bond acceptors (Lipinski definition) is 6. The van der Waals surface area contributed by atoms with Gasteiger partial charge in [-0.2, -0.15) is 0 Å². The van der Waals surface area contributed by atoms with Gasteiger partial charge in [0.05, 0.1) is 16.9 Å². The summed E-state index contributed by atoms with van der Waals surface area (Å²) in [6, 6.07) is 29.6. The summed E-state index contributed by atoms with van der Waals surface area (Å²) in [7, 11) is 0. The van der Waals surface area contributed by atoms with Crippen LogP contribution in [-0.4, -0.2) is 47.0 Å². The summed E-state index contributed by atoms with van der Waals surface area (Å²) >= 11 is 0. The molecule has 212 valence electrons. The predicted molar refractivity (Wildman–Crippen MR) is 170 cm³/mol. The average Bonchev–Trinajstić information content (AvgIpc) is 3.53. The van der Waals surface area contributed by atoms with Crippen molar-refractivity contribution in [3.8, 4) is 17.0 Å². The van der Waals surface area contributed by atoms with E-state index >= 15 is 0 Å². The van der Waals surface area contributed by atoms with Crippen LogP contribution in [0.15, 0.2) is 91.0 Å². The number of carbonyl (C=O) groups excluding carboxylic acids is 1. The Balaban J connectivity index is 1.32. The maximum Gasteiger partial charge on any atom is 0.255 e. The Morgan fingerprint density at radius 2 is 1.60 bits per heavy atom. The second kappa shape index (κ2) is 12.4. The predicted octanol–water partition coefficient (Wildman–Crippen LogP) is 7.38. The van der Waals surface area contributed by atoms with E-state index in [0.717, 1.165) is 58.6 Å². The van der Waals surface area contributed by atoms with Crippen molar-refractivity contribution in [2.45, 2.75) is 26.7 Å². The van der Waals surface area contributed by atoms with E-state index in [1.54, 1.807) is 12.1 Å². The van der Waals surface area contributed by atoms with E-state index in [1.807, 2.05) is 80.6 Å². The van der Waals surface area contributed by atoms with Crippen LogP contribution in [0.2, 0.25) is 0 Å². The number of anilines is 3. The molecule has 0 spiro atoms. The van der Waals surface area contributed by atoms with E-state index in [-0.39, 0.29) is 5.91 Å². The van der Waals surface area contributed by atoms with Gasteiger partial charge in [-0.05, 0) is 75.2 Å². The molecule has 6 rings (SSSR count). The third kappa shape index (κ3) is 6.11. The van der Waals surface area contributed by atoms with Crippen molar-refractivity contribution in [3.63, 3.8) is 0 Å². The van der Waals surface area contributed by atoms with Crippen molar-refractivity contribution in [2.24, 2.45) is 0 Å². The quantitative estimate of drug-likeness (QED) is 0.197. The molecule has 0 radical (unpaired) electrons. The molecule has 7 heteroatoms. The normalized spacial score (nSPS) is 13.3. The van der Waals surface area contributed by atoms with Crippen LogP contribution in [0.1, 0.15) is 34.3 Å². The Kier molecular flexibility index (Phi) is 8.10. The largest absolute Gasteiger partial charge is 0.490 e. The molecular weight excluding hydrogens is 522 g/mol. The van der Waals surface area contributed by atoms with E-state index in [2.05, 4.69) is 27.7 Å². The van der Waals surface area contributed by atoms with Crippen LogP contribution in [0.5, 0.6) is 5.75 Å². The molecule has 0 aliphatic carbocycles. The highest BCUT2D eigenvalue weighted by Gasteiger charge is 2.17. The number of aromatic nitrogens is 2. The second-order valence-electron chi connectivity index (χ2n) is 10.7. The van der Waals surface area contributed by atoms with Gasteiger partial charge in [0.25, 0.3) is 5.91 Å². The molecular formula is C35H35N5O2. The van der Waals surface area contributed by atoms with Gasteiger partial charge in [-0.25, -0.2) is 9.97 Å². The number of nitrogens with one attached hydrogen (secondary N) is 2. The third-order valence-corrected chi connectivity index (χ3v) is 7.72. The van der Waals surface area contributed by atoms with Gasteiger partial charge in [-0.3, -0.25) is 9.69 Å². The number of para-hydroxylation sites is 2. The van der Waals surface area contributed by atoms with Crippen LogP contribution in [0, 0.1) is 13.8 Å². The van der Waals surface area contributed by atoms with Gasteiger partial charge < -0.3 is 15.4 Å². The molecule has 1 aliphatic heterocycles. The minimum Gasteiger partial charge on any atom is -0.490 e. The number of likely N-dealkylation sites (tertiary alicyclic amines) is 1. The number of rotatable bonds is 9. The summed E-state index contributed by atoms with van der Waals surface area (Å²) in [6.07, 6.45) is 2.45. The zero-order valence-electron chi connectivity index (χ0n) is 24.1. The van der Waals surface area contributed by atoms with Crippen LogP contribution in [0.25, 0.3) is 22.2 Å². The van der Waals surface area contributed by atoms with Crippen LogP contribution < -0.4 is 15.4 Å². The standard InChI is InChI=1S/C35H35N5O2/c1-24-11-10-12-25(2)32(24)38-34(41)27-17-18-30(31(23-27)42-22-21-40-19-8-9-20-40)37-35-36-29-16-7-6-15-28(29)33(39-35)26-13-4-3-5-14-26/h3-7,10-18,23H,8-9,19-22H2,1-2H3,(H,38,41)(H,36,37,39). The maximum absolute atomic E-state index is 13.4. The molecule has 1 amide bonds. The SMILES string of the molecule is Cc1cccc(C)c1NC(=O)c1ccc(Nc2nc(-c3ccccc3)c3ccccc3n2)c(OCCN2CCCC2)c1. The van der Waals surface area contributed by atoms with Crippen LogP contribution in [0.3, 0.4) is 0 Å². The average molecular weight is 558 g/mol. The molecule has 1 saturated heterocycles. The lowest BCUT2D eigenvalue weighted by Gasteiger charge is -2.18. The Morgan fingerprint density at radius 3 is 2.38 bits per heavy atom. The van der Waals surface area contributed by atoms with Crippen LogP contribution >= 0.6 is 0 Å². The van der Waals surface area contributed by atoms with Crippen molar-refractivity contribution < 1.29 is 9.53 Å². The first-order valence-corrected chi connectivity index (χ1v) is 14.5. The minimum atomic E-state index is -0.184. The minimum absolute atomic E-state index is 0.184. The second-order valence-corrected chi connectivity index (χ2v) is 10.7. The van der Waals surface area contributed by atoms with Crippen molar-refractivity contribution >= 4 is 34.1 Å². The summed E-state index contributed by atoms with van der Waals surface area (Å²) in [4.78, 5) is 25.5. The van der Waals surface area contributed by atoms with Crippen LogP contribution in [-0.2, 0) is 0 Å². The number of amides is 1. The molecule has 5 aromatic rings. The fourth-order valence-corrected chi connectivity index (χ4v) is 5.44. The summed E-state index contributed by atoms with van der Waals surface area (Å²) in [5.41, 5.74) is 6.80. The fourth-order valence-electron chi connectivity index (χ4n) is 5.44. The fraction of sp³-hybridized carbons (Fsp3) is 0.229. The number of aryl methyl sites for hydroxylation is 2. The van der Waals surface area contributed by atoms with Crippen molar-refractivity contribution in [1.29, 1.82) is 0 Å². The Labute approximate surface area is 246 Å². The molecule has 2 N–H and O–H groups in total. The van der Waals surface area contributed by atoms with Gasteiger partial charge in [0.15, 0.2) is 0 Å². The molecule has 1 aromatic heterocycles. The Hall–Kier alpha value is -4.75. The van der Waals surface area contributed by atoms with E-state index in [1.165, 1.54) is 12.8 Å². The zero-order chi connectivity index (χ0) is 28.9. The number of hydrogen-bond donors (Lipinski definition) is 2. The van der Waals surface area contributed by atoms with Gasteiger partial charge in [-0.1, -0.05) is 66.7 Å². The molecule has 0 unspecified atom stereocenters. The topological polar surface area (TPSA) is 79.4 Å². The Bertz CT molecular complexity index is 1690. The molecule has 0 atom stereocenters. The number of nitrogens with zero attached hydrogens (tertiary/aromatic N) is 3. The molecule has 0 bridgehead atoms. The molecule has 1 aliphatic rings. The summed E-state index contributed by atoms with van der Waals surface area (Å²) < 4.78 is 6.32. The third-order valence-electron chi connectivity index (χ3n) is 7.72. The zero-order valence-corrected chi connectivity index (χ0v) is 24.1. The lowest BCUT2D eigenvalue weighted by molar-refractivity contribution is 0.102. The summed E-state index contributed by atoms with van der Waals surface area (Å²) in [5, 5.41) is 7.47. The smallest absolute Gasteiger partial charge is 0.255 e. The lowest BCUT2D eigenvalue weighted by Crippen LogP contribution is -2.25. The lowest BCUT2D eigenvalue weighted by atomic mass is 10.1. The number of ether oxygens (including phenoxy) is 1. The van der Waals surface area contributed by atoms with E-state index < -0.39 is 0 Å². The van der Waals surface area contributed by atoms with E-state index in [4.69, 9.17) is 14.7 Å². The first kappa shape index (κ1) is 27.4. The van der Waals surface area contributed by atoms with Crippen LogP contribution in [0.4, 0.5) is 17.3 Å². The van der Waals surface area contributed by atoms with E-state index in [9.17, 15) is 4.79 Å².